The molecule has 0 aliphatic rings. The van der Waals surface area contributed by atoms with E-state index < -0.39 is 47.4 Å². The van der Waals surface area contributed by atoms with Crippen LogP contribution in [0, 0.1) is 11.6 Å². The van der Waals surface area contributed by atoms with Crippen molar-refractivity contribution in [1.29, 1.82) is 0 Å². The molecule has 0 amide bonds. The molecule has 174 valence electrons. The van der Waals surface area contributed by atoms with E-state index in [1.54, 1.807) is 24.3 Å². The van der Waals surface area contributed by atoms with E-state index in [0.29, 0.717) is 23.3 Å². The summed E-state index contributed by atoms with van der Waals surface area (Å²) in [6.07, 6.45) is -7.55. The molecule has 1 unspecified atom stereocenters. The van der Waals surface area contributed by atoms with Gasteiger partial charge in [0.05, 0.1) is 5.69 Å². The SMILES string of the molecule is Nc1nc(OC(c2ccc(F)c(F)c2)C(F)(F)F)cc(-c2ccc(C[C@H](N)C(=O)O)cc2)n1. The Balaban J connectivity index is 1.90. The van der Waals surface area contributed by atoms with E-state index >= 15 is 0 Å². The first-order valence-corrected chi connectivity index (χ1v) is 9.34. The molecule has 0 saturated carbocycles. The van der Waals surface area contributed by atoms with E-state index in [0.717, 1.165) is 12.1 Å². The van der Waals surface area contributed by atoms with E-state index in [2.05, 4.69) is 9.97 Å². The molecular weight excluding hydrogens is 451 g/mol. The molecule has 5 N–H and O–H groups in total. The van der Waals surface area contributed by atoms with Crippen LogP contribution in [-0.2, 0) is 11.2 Å². The number of aromatic nitrogens is 2. The number of benzene rings is 2. The fourth-order valence-corrected chi connectivity index (χ4v) is 2.92. The third kappa shape index (κ3) is 5.92. The van der Waals surface area contributed by atoms with Gasteiger partial charge in [0.15, 0.2) is 11.6 Å². The lowest BCUT2D eigenvalue weighted by molar-refractivity contribution is -0.198. The second kappa shape index (κ2) is 9.36. The second-order valence-electron chi connectivity index (χ2n) is 7.01. The van der Waals surface area contributed by atoms with Gasteiger partial charge in [-0.2, -0.15) is 18.2 Å². The molecule has 0 bridgehead atoms. The van der Waals surface area contributed by atoms with Crippen molar-refractivity contribution in [1.82, 2.24) is 9.97 Å². The predicted octanol–water partition coefficient (Wildman–Crippen LogP) is 3.64. The van der Waals surface area contributed by atoms with Gasteiger partial charge in [0.2, 0.25) is 17.9 Å². The number of aliphatic carboxylic acids is 1. The maximum absolute atomic E-state index is 13.6. The van der Waals surface area contributed by atoms with Crippen molar-refractivity contribution in [3.63, 3.8) is 0 Å². The Kier molecular flexibility index (Phi) is 6.77. The summed E-state index contributed by atoms with van der Waals surface area (Å²) in [6, 6.07) is 7.96. The van der Waals surface area contributed by atoms with Crippen LogP contribution in [0.5, 0.6) is 5.88 Å². The van der Waals surface area contributed by atoms with Crippen molar-refractivity contribution in [2.45, 2.75) is 24.7 Å². The highest BCUT2D eigenvalue weighted by Gasteiger charge is 2.43. The van der Waals surface area contributed by atoms with Crippen LogP contribution in [0.1, 0.15) is 17.2 Å². The van der Waals surface area contributed by atoms with E-state index in [4.69, 9.17) is 21.3 Å². The Morgan fingerprint density at radius 1 is 1.03 bits per heavy atom. The third-order valence-corrected chi connectivity index (χ3v) is 4.52. The molecule has 0 saturated heterocycles. The Morgan fingerprint density at radius 3 is 2.27 bits per heavy atom. The smallest absolute Gasteiger partial charge is 0.429 e. The number of anilines is 1. The molecular formula is C21H17F5N4O3. The van der Waals surface area contributed by atoms with Crippen LogP contribution in [0.2, 0.25) is 0 Å². The maximum atomic E-state index is 13.6. The van der Waals surface area contributed by atoms with Crippen LogP contribution in [0.15, 0.2) is 48.5 Å². The largest absolute Gasteiger partial charge is 0.480 e. The number of hydrogen-bond acceptors (Lipinski definition) is 6. The quantitative estimate of drug-likeness (QED) is 0.452. The maximum Gasteiger partial charge on any atom is 0.429 e. The van der Waals surface area contributed by atoms with E-state index in [1.165, 1.54) is 0 Å². The zero-order chi connectivity index (χ0) is 24.3. The van der Waals surface area contributed by atoms with Crippen molar-refractivity contribution in [3.05, 3.63) is 71.3 Å². The summed E-state index contributed by atoms with van der Waals surface area (Å²) in [5.74, 6) is -4.85. The van der Waals surface area contributed by atoms with Crippen molar-refractivity contribution >= 4 is 11.9 Å². The average molecular weight is 468 g/mol. The topological polar surface area (TPSA) is 124 Å². The van der Waals surface area contributed by atoms with Gasteiger partial charge >= 0.3 is 12.1 Å². The molecule has 7 nitrogen and oxygen atoms in total. The fraction of sp³-hybridized carbons (Fsp3) is 0.190. The highest BCUT2D eigenvalue weighted by molar-refractivity contribution is 5.73. The molecule has 33 heavy (non-hydrogen) atoms. The minimum Gasteiger partial charge on any atom is -0.480 e. The van der Waals surface area contributed by atoms with Gasteiger partial charge < -0.3 is 21.3 Å². The standard InChI is InChI=1S/C21H17F5N4O3/c22-13-6-5-12(8-14(13)23)18(21(24,25)26)33-17-9-16(29-20(28)30-17)11-3-1-10(2-4-11)7-15(27)19(31)32/h1-6,8-9,15,18H,7,27H2,(H,31,32)(H2,28,29,30)/t15-,18?/m0/s1. The normalized spacial score (nSPS) is 13.4. The average Bonchev–Trinajstić information content (AvgIpc) is 2.73. The molecule has 0 radical (unpaired) electrons. The number of carboxylic acid groups (broad SMARTS) is 1. The van der Waals surface area contributed by atoms with Gasteiger partial charge in [0.1, 0.15) is 6.04 Å². The number of nitrogen functional groups attached to an aromatic ring is 1. The number of ether oxygens (including phenoxy) is 1. The minimum atomic E-state index is -4.98. The van der Waals surface area contributed by atoms with Crippen LogP contribution in [0.4, 0.5) is 27.9 Å². The van der Waals surface area contributed by atoms with Gasteiger partial charge in [-0.1, -0.05) is 30.3 Å². The van der Waals surface area contributed by atoms with Crippen molar-refractivity contribution in [2.75, 3.05) is 5.73 Å². The number of hydrogen-bond donors (Lipinski definition) is 3. The van der Waals surface area contributed by atoms with Crippen LogP contribution in [-0.4, -0.2) is 33.3 Å². The summed E-state index contributed by atoms with van der Waals surface area (Å²) in [5, 5.41) is 8.89. The number of carbonyl (C=O) groups is 1. The zero-order valence-electron chi connectivity index (χ0n) is 16.7. The molecule has 0 spiro atoms. The third-order valence-electron chi connectivity index (χ3n) is 4.52. The first-order valence-electron chi connectivity index (χ1n) is 9.34. The van der Waals surface area contributed by atoms with Crippen molar-refractivity contribution in [2.24, 2.45) is 5.73 Å². The number of alkyl halides is 3. The Hall–Kier alpha value is -3.80. The second-order valence-corrected chi connectivity index (χ2v) is 7.01. The minimum absolute atomic E-state index is 0.0668. The van der Waals surface area contributed by atoms with Crippen molar-refractivity contribution < 1.29 is 36.6 Å². The lowest BCUT2D eigenvalue weighted by Crippen LogP contribution is -2.32. The summed E-state index contributed by atoms with van der Waals surface area (Å²) in [7, 11) is 0. The first kappa shape index (κ1) is 23.9. The number of nitrogens with two attached hydrogens (primary N) is 2. The molecule has 0 aliphatic heterocycles. The van der Waals surface area contributed by atoms with Gasteiger partial charge in [0, 0.05) is 17.2 Å². The van der Waals surface area contributed by atoms with E-state index in [1.807, 2.05) is 0 Å². The molecule has 0 aliphatic carbocycles. The summed E-state index contributed by atoms with van der Waals surface area (Å²) in [6.45, 7) is 0. The number of nitrogens with zero attached hydrogens (tertiary/aromatic N) is 2. The highest BCUT2D eigenvalue weighted by atomic mass is 19.4. The molecule has 1 heterocycles. The Morgan fingerprint density at radius 2 is 1.70 bits per heavy atom. The van der Waals surface area contributed by atoms with E-state index in [9.17, 15) is 26.7 Å². The lowest BCUT2D eigenvalue weighted by atomic mass is 10.0. The lowest BCUT2D eigenvalue weighted by Gasteiger charge is -2.22. The summed E-state index contributed by atoms with van der Waals surface area (Å²) in [4.78, 5) is 18.5. The van der Waals surface area contributed by atoms with Crippen LogP contribution >= 0.6 is 0 Å². The molecule has 0 fully saturated rings. The monoisotopic (exact) mass is 468 g/mol. The molecule has 3 aromatic rings. The molecule has 2 aromatic carbocycles. The van der Waals surface area contributed by atoms with Crippen molar-refractivity contribution in [3.8, 4) is 17.1 Å². The van der Waals surface area contributed by atoms with Gasteiger partial charge in [0.25, 0.3) is 0 Å². The Labute approximate surface area is 183 Å². The Bertz CT molecular complexity index is 1160. The predicted molar refractivity (Wildman–Crippen MR) is 107 cm³/mol. The van der Waals surface area contributed by atoms with Gasteiger partial charge in [-0.3, -0.25) is 4.79 Å². The molecule has 2 atom stereocenters. The van der Waals surface area contributed by atoms with Gasteiger partial charge in [-0.05, 0) is 24.1 Å². The highest BCUT2D eigenvalue weighted by Crippen LogP contribution is 2.37. The molecule has 12 heteroatoms. The van der Waals surface area contributed by atoms with E-state index in [-0.39, 0.29) is 18.1 Å². The number of rotatable bonds is 7. The number of carboxylic acids is 1. The zero-order valence-corrected chi connectivity index (χ0v) is 16.7. The fourth-order valence-electron chi connectivity index (χ4n) is 2.92. The molecule has 3 rings (SSSR count). The summed E-state index contributed by atoms with van der Waals surface area (Å²) in [5.41, 5.74) is 11.6. The first-order chi connectivity index (χ1) is 15.4. The van der Waals surface area contributed by atoms with Crippen LogP contribution in [0.25, 0.3) is 11.3 Å². The van der Waals surface area contributed by atoms with Crippen LogP contribution in [0.3, 0.4) is 0 Å². The van der Waals surface area contributed by atoms with Gasteiger partial charge in [-0.25, -0.2) is 13.8 Å². The number of halogens is 5. The molecule has 1 aromatic heterocycles. The summed E-state index contributed by atoms with van der Waals surface area (Å²) < 4.78 is 72.4. The summed E-state index contributed by atoms with van der Waals surface area (Å²) >= 11 is 0. The van der Waals surface area contributed by atoms with Crippen LogP contribution < -0.4 is 16.2 Å². The van der Waals surface area contributed by atoms with Gasteiger partial charge in [-0.15, -0.1) is 0 Å².